The normalized spacial score (nSPS) is 13.7. The average Bonchev–Trinajstić information content (AvgIpc) is 2.73. The van der Waals surface area contributed by atoms with Crippen LogP contribution in [-0.2, 0) is 4.79 Å². The van der Waals surface area contributed by atoms with Crippen molar-refractivity contribution in [2.24, 2.45) is 5.41 Å². The Hall–Kier alpha value is -2.08. The number of H-pyrrole nitrogens is 1. The van der Waals surface area contributed by atoms with Gasteiger partial charge < -0.3 is 4.98 Å². The van der Waals surface area contributed by atoms with Crippen molar-refractivity contribution in [3.05, 3.63) is 54.9 Å². The van der Waals surface area contributed by atoms with E-state index in [-0.39, 0.29) is 15.9 Å². The second-order valence-corrected chi connectivity index (χ2v) is 6.91. The first-order chi connectivity index (χ1) is 10.2. The maximum absolute atomic E-state index is 13.6. The van der Waals surface area contributed by atoms with Gasteiger partial charge in [-0.3, -0.25) is 9.59 Å². The Morgan fingerprint density at radius 2 is 1.82 bits per heavy atom. The van der Waals surface area contributed by atoms with Gasteiger partial charge in [-0.05, 0) is 18.2 Å². The smallest absolute Gasteiger partial charge is 0.266 e. The largest absolute Gasteiger partial charge is 0.313 e. The first-order valence-corrected chi connectivity index (χ1v) is 7.41. The highest BCUT2D eigenvalue weighted by Crippen LogP contribution is 2.15. The topological polar surface area (TPSA) is 49.9 Å². The molecule has 2 rings (SSSR count). The Balaban J connectivity index is 2.57. The maximum atomic E-state index is 13.6. The maximum Gasteiger partial charge on any atom is 0.266 e. The number of carbonyl (C=O) groups is 1. The fraction of sp³-hybridized carbons (Fsp3) is 0.250. The van der Waals surface area contributed by atoms with E-state index < -0.39 is 22.6 Å². The van der Waals surface area contributed by atoms with Gasteiger partial charge in [0.1, 0.15) is 11.6 Å². The zero-order valence-corrected chi connectivity index (χ0v) is 13.2. The van der Waals surface area contributed by atoms with Crippen LogP contribution in [0.4, 0.5) is 8.78 Å². The molecular formula is C16H15F2NO2S. The van der Waals surface area contributed by atoms with Crippen molar-refractivity contribution in [3.8, 4) is 0 Å². The van der Waals surface area contributed by atoms with Crippen molar-refractivity contribution in [2.75, 3.05) is 0 Å². The molecule has 0 saturated heterocycles. The second kappa shape index (κ2) is 5.96. The summed E-state index contributed by atoms with van der Waals surface area (Å²) in [5.41, 5.74) is -1.33. The molecule has 0 aliphatic rings. The molecule has 6 heteroatoms. The van der Waals surface area contributed by atoms with Gasteiger partial charge in [-0.15, -0.1) is 11.3 Å². The molecule has 0 atom stereocenters. The van der Waals surface area contributed by atoms with Gasteiger partial charge in [0.15, 0.2) is 5.78 Å². The van der Waals surface area contributed by atoms with E-state index >= 15 is 0 Å². The summed E-state index contributed by atoms with van der Waals surface area (Å²) >= 11 is 0.983. The molecule has 0 radical (unpaired) electrons. The number of ketones is 1. The molecule has 0 fully saturated rings. The van der Waals surface area contributed by atoms with Crippen LogP contribution in [0.5, 0.6) is 0 Å². The second-order valence-electron chi connectivity index (χ2n) is 5.82. The van der Waals surface area contributed by atoms with Crippen LogP contribution < -0.4 is 14.8 Å². The highest BCUT2D eigenvalue weighted by molar-refractivity contribution is 7.07. The van der Waals surface area contributed by atoms with Crippen LogP contribution in [0.2, 0.25) is 0 Å². The molecule has 1 aromatic carbocycles. The highest BCUT2D eigenvalue weighted by Gasteiger charge is 2.18. The van der Waals surface area contributed by atoms with Crippen molar-refractivity contribution in [3.63, 3.8) is 0 Å². The van der Waals surface area contributed by atoms with E-state index in [9.17, 15) is 18.4 Å². The highest BCUT2D eigenvalue weighted by atomic mass is 32.1. The van der Waals surface area contributed by atoms with Crippen LogP contribution >= 0.6 is 11.3 Å². The van der Waals surface area contributed by atoms with Crippen molar-refractivity contribution in [1.29, 1.82) is 0 Å². The van der Waals surface area contributed by atoms with E-state index in [0.717, 1.165) is 29.5 Å². The lowest BCUT2D eigenvalue weighted by Crippen LogP contribution is -2.22. The number of thiazole rings is 1. The average molecular weight is 323 g/mol. The summed E-state index contributed by atoms with van der Waals surface area (Å²) < 4.78 is 27.7. The van der Waals surface area contributed by atoms with Gasteiger partial charge in [0, 0.05) is 17.1 Å². The van der Waals surface area contributed by atoms with Gasteiger partial charge in [-0.25, -0.2) is 8.78 Å². The summed E-state index contributed by atoms with van der Waals surface area (Å²) in [6.07, 6.45) is 2.48. The van der Waals surface area contributed by atoms with Crippen LogP contribution in [0.15, 0.2) is 23.0 Å². The molecule has 3 nitrogen and oxygen atoms in total. The summed E-state index contributed by atoms with van der Waals surface area (Å²) in [6.45, 7) is 5.29. The predicted octanol–water partition coefficient (Wildman–Crippen LogP) is 1.94. The zero-order valence-electron chi connectivity index (χ0n) is 12.4. The molecule has 0 aliphatic heterocycles. The van der Waals surface area contributed by atoms with Crippen LogP contribution in [-0.4, -0.2) is 10.8 Å². The minimum atomic E-state index is -0.746. The molecule has 0 aliphatic carbocycles. The lowest BCUT2D eigenvalue weighted by molar-refractivity contribution is -0.119. The van der Waals surface area contributed by atoms with Gasteiger partial charge in [0.05, 0.1) is 9.20 Å². The lowest BCUT2D eigenvalue weighted by Gasteiger charge is -2.12. The fourth-order valence-corrected chi connectivity index (χ4v) is 2.51. The lowest BCUT2D eigenvalue weighted by atomic mass is 9.91. The van der Waals surface area contributed by atoms with Crippen molar-refractivity contribution < 1.29 is 13.6 Å². The minimum absolute atomic E-state index is 0.136. The molecule has 1 N–H and O–H groups in total. The van der Waals surface area contributed by atoms with E-state index in [2.05, 4.69) is 4.98 Å². The van der Waals surface area contributed by atoms with Crippen molar-refractivity contribution >= 4 is 29.3 Å². The summed E-state index contributed by atoms with van der Waals surface area (Å²) in [6, 6.07) is 3.49. The van der Waals surface area contributed by atoms with Crippen LogP contribution in [0, 0.1) is 17.0 Å². The molecule has 0 bridgehead atoms. The number of nitrogens with one attached hydrogen (secondary N) is 1. The Labute approximate surface area is 129 Å². The van der Waals surface area contributed by atoms with Crippen molar-refractivity contribution in [1.82, 2.24) is 4.98 Å². The number of hydrogen-bond acceptors (Lipinski definition) is 3. The number of halogens is 2. The first kappa shape index (κ1) is 16.3. The quantitative estimate of drug-likeness (QED) is 0.918. The molecule has 0 amide bonds. The van der Waals surface area contributed by atoms with Crippen LogP contribution in [0.25, 0.3) is 12.2 Å². The van der Waals surface area contributed by atoms with Gasteiger partial charge in [-0.1, -0.05) is 26.8 Å². The predicted molar refractivity (Wildman–Crippen MR) is 83.0 cm³/mol. The first-order valence-electron chi connectivity index (χ1n) is 6.59. The number of hydrogen-bond donors (Lipinski definition) is 1. The summed E-state index contributed by atoms with van der Waals surface area (Å²) in [7, 11) is 0. The van der Waals surface area contributed by atoms with E-state index in [0.29, 0.717) is 4.66 Å². The minimum Gasteiger partial charge on any atom is -0.313 e. The third-order valence-corrected chi connectivity index (χ3v) is 3.92. The molecule has 1 aromatic heterocycles. The number of Topliss-reactive ketones (excluding diaryl/α,β-unsaturated/α-hetero) is 1. The molecule has 2 aromatic rings. The van der Waals surface area contributed by atoms with Gasteiger partial charge >= 0.3 is 0 Å². The van der Waals surface area contributed by atoms with Crippen LogP contribution in [0.1, 0.15) is 26.3 Å². The van der Waals surface area contributed by atoms with E-state index in [1.165, 1.54) is 12.1 Å². The molecule has 1 heterocycles. The van der Waals surface area contributed by atoms with Gasteiger partial charge in [0.2, 0.25) is 0 Å². The molecule has 0 unspecified atom stereocenters. The third-order valence-electron chi connectivity index (χ3n) is 2.96. The van der Waals surface area contributed by atoms with E-state index in [1.54, 1.807) is 20.8 Å². The Bertz CT molecular complexity index is 868. The van der Waals surface area contributed by atoms with E-state index in [4.69, 9.17) is 0 Å². The Morgan fingerprint density at radius 3 is 2.36 bits per heavy atom. The third kappa shape index (κ3) is 3.57. The molecule has 22 heavy (non-hydrogen) atoms. The number of aromatic nitrogens is 1. The Morgan fingerprint density at radius 1 is 1.23 bits per heavy atom. The standard InChI is InChI=1S/C16H15F2NO2S/c1-16(2,3)13(20)8-14-19-15(21)12(22-14)7-9-10(17)5-4-6-11(9)18/h4-8H,1-3H3,(H,19,21). The van der Waals surface area contributed by atoms with E-state index in [1.807, 2.05) is 0 Å². The molecule has 0 saturated carbocycles. The zero-order chi connectivity index (χ0) is 16.5. The van der Waals surface area contributed by atoms with Crippen LogP contribution in [0.3, 0.4) is 0 Å². The Kier molecular flexibility index (Phi) is 4.42. The monoisotopic (exact) mass is 323 g/mol. The molecule has 116 valence electrons. The number of benzene rings is 1. The SMILES string of the molecule is CC(C)(C)C(=O)C=c1[nH]c(=O)c(=Cc2c(F)cccc2F)s1. The number of rotatable bonds is 2. The number of aromatic amines is 1. The molecular weight excluding hydrogens is 308 g/mol. The van der Waals surface area contributed by atoms with Gasteiger partial charge in [-0.2, -0.15) is 0 Å². The number of carbonyl (C=O) groups excluding carboxylic acids is 1. The van der Waals surface area contributed by atoms with Gasteiger partial charge in [0.25, 0.3) is 5.56 Å². The summed E-state index contributed by atoms with van der Waals surface area (Å²) in [4.78, 5) is 26.3. The summed E-state index contributed by atoms with van der Waals surface area (Å²) in [5, 5.41) is 0. The van der Waals surface area contributed by atoms with Crippen molar-refractivity contribution in [2.45, 2.75) is 20.8 Å². The summed E-state index contributed by atoms with van der Waals surface area (Å²) in [5.74, 6) is -1.64. The fourth-order valence-electron chi connectivity index (χ4n) is 1.64. The molecule has 0 spiro atoms.